The van der Waals surface area contributed by atoms with Gasteiger partial charge in [0.15, 0.2) is 0 Å². The van der Waals surface area contributed by atoms with E-state index >= 15 is 0 Å². The molecule has 0 bridgehead atoms. The summed E-state index contributed by atoms with van der Waals surface area (Å²) in [5, 5.41) is 9.27. The fourth-order valence-electron chi connectivity index (χ4n) is 3.68. The summed E-state index contributed by atoms with van der Waals surface area (Å²) in [6.45, 7) is 11.7. The van der Waals surface area contributed by atoms with Crippen LogP contribution in [-0.4, -0.2) is 71.8 Å². The number of carbonyl (C=O) groups is 1. The first-order valence-corrected chi connectivity index (χ1v) is 8.21. The molecule has 2 aliphatic heterocycles. The van der Waals surface area contributed by atoms with Gasteiger partial charge >= 0.3 is 0 Å². The Morgan fingerprint density at radius 3 is 2.33 bits per heavy atom. The molecule has 2 aliphatic rings. The minimum atomic E-state index is -0.0729. The highest BCUT2D eigenvalue weighted by Gasteiger charge is 2.38. The molecule has 2 fully saturated rings. The van der Waals surface area contributed by atoms with Crippen LogP contribution in [0.5, 0.6) is 0 Å². The third-order valence-electron chi connectivity index (χ3n) is 4.58. The summed E-state index contributed by atoms with van der Waals surface area (Å²) in [5.74, 6) is 0.759. The normalized spacial score (nSPS) is 32.7. The number of nitrogens with zero attached hydrogens (tertiary/aromatic N) is 2. The smallest absolute Gasteiger partial charge is 0.240 e. The van der Waals surface area contributed by atoms with E-state index in [0.717, 1.165) is 26.1 Å². The van der Waals surface area contributed by atoms with Crippen LogP contribution in [0, 0.1) is 11.8 Å². The minimum Gasteiger partial charge on any atom is -0.396 e. The second-order valence-corrected chi connectivity index (χ2v) is 7.02. The van der Waals surface area contributed by atoms with Crippen molar-refractivity contribution in [2.24, 2.45) is 11.8 Å². The van der Waals surface area contributed by atoms with Crippen molar-refractivity contribution in [2.75, 3.05) is 32.8 Å². The van der Waals surface area contributed by atoms with Crippen LogP contribution >= 0.6 is 0 Å². The number of morpholine rings is 1. The van der Waals surface area contributed by atoms with E-state index in [9.17, 15) is 9.90 Å². The van der Waals surface area contributed by atoms with Crippen molar-refractivity contribution in [3.05, 3.63) is 0 Å². The molecule has 2 rings (SSSR count). The Morgan fingerprint density at radius 1 is 1.24 bits per heavy atom. The topological polar surface area (TPSA) is 53.0 Å². The highest BCUT2D eigenvalue weighted by atomic mass is 16.5. The molecule has 5 nitrogen and oxygen atoms in total. The number of hydrogen-bond acceptors (Lipinski definition) is 4. The SMILES string of the molecule is CC1CN(C(C(=O)N2CCC(CO)C2)C(C)C)CC(C)O1. The van der Waals surface area contributed by atoms with Gasteiger partial charge in [0.25, 0.3) is 0 Å². The van der Waals surface area contributed by atoms with Gasteiger partial charge in [0.2, 0.25) is 5.91 Å². The van der Waals surface area contributed by atoms with Gasteiger partial charge in [-0.25, -0.2) is 0 Å². The van der Waals surface area contributed by atoms with Crippen LogP contribution in [-0.2, 0) is 9.53 Å². The molecule has 2 heterocycles. The van der Waals surface area contributed by atoms with Gasteiger partial charge in [0, 0.05) is 38.7 Å². The van der Waals surface area contributed by atoms with E-state index in [4.69, 9.17) is 4.74 Å². The molecule has 0 aromatic rings. The van der Waals surface area contributed by atoms with Crippen molar-refractivity contribution in [1.82, 2.24) is 9.80 Å². The van der Waals surface area contributed by atoms with E-state index in [1.807, 2.05) is 4.90 Å². The van der Waals surface area contributed by atoms with Gasteiger partial charge in [-0.2, -0.15) is 0 Å². The van der Waals surface area contributed by atoms with Gasteiger partial charge in [-0.15, -0.1) is 0 Å². The average molecular weight is 298 g/mol. The summed E-state index contributed by atoms with van der Waals surface area (Å²) in [7, 11) is 0. The Labute approximate surface area is 128 Å². The second kappa shape index (κ2) is 7.07. The summed E-state index contributed by atoms with van der Waals surface area (Å²) in [6, 6.07) is -0.0729. The van der Waals surface area contributed by atoms with E-state index in [1.165, 1.54) is 0 Å². The number of ether oxygens (including phenoxy) is 1. The lowest BCUT2D eigenvalue weighted by Crippen LogP contribution is -2.57. The van der Waals surface area contributed by atoms with Crippen LogP contribution in [0.15, 0.2) is 0 Å². The summed E-state index contributed by atoms with van der Waals surface area (Å²) in [4.78, 5) is 17.2. The Balaban J connectivity index is 2.06. The van der Waals surface area contributed by atoms with Crippen LogP contribution in [0.1, 0.15) is 34.1 Å². The predicted octanol–water partition coefficient (Wildman–Crippen LogP) is 0.961. The van der Waals surface area contributed by atoms with E-state index in [-0.39, 0.29) is 42.6 Å². The molecule has 0 aromatic heterocycles. The maximum absolute atomic E-state index is 12.9. The third-order valence-corrected chi connectivity index (χ3v) is 4.58. The third kappa shape index (κ3) is 3.96. The maximum atomic E-state index is 12.9. The number of aliphatic hydroxyl groups is 1. The van der Waals surface area contributed by atoms with Crippen molar-refractivity contribution in [3.8, 4) is 0 Å². The van der Waals surface area contributed by atoms with Crippen molar-refractivity contribution in [1.29, 1.82) is 0 Å². The van der Waals surface area contributed by atoms with Crippen molar-refractivity contribution < 1.29 is 14.6 Å². The molecule has 0 aliphatic carbocycles. The number of likely N-dealkylation sites (tertiary alicyclic amines) is 1. The Hall–Kier alpha value is -0.650. The molecular formula is C16H30N2O3. The van der Waals surface area contributed by atoms with Crippen molar-refractivity contribution in [3.63, 3.8) is 0 Å². The molecule has 21 heavy (non-hydrogen) atoms. The minimum absolute atomic E-state index is 0.0729. The lowest BCUT2D eigenvalue weighted by Gasteiger charge is -2.42. The second-order valence-electron chi connectivity index (χ2n) is 7.02. The zero-order valence-electron chi connectivity index (χ0n) is 13.8. The van der Waals surface area contributed by atoms with E-state index in [2.05, 4.69) is 32.6 Å². The monoisotopic (exact) mass is 298 g/mol. The number of rotatable bonds is 4. The van der Waals surface area contributed by atoms with Gasteiger partial charge in [-0.1, -0.05) is 13.8 Å². The molecular weight excluding hydrogens is 268 g/mol. The molecule has 1 N–H and O–H groups in total. The van der Waals surface area contributed by atoms with E-state index < -0.39 is 0 Å². The molecule has 5 heteroatoms. The average Bonchev–Trinajstić information content (AvgIpc) is 2.85. The van der Waals surface area contributed by atoms with E-state index in [1.54, 1.807) is 0 Å². The highest BCUT2D eigenvalue weighted by molar-refractivity contribution is 5.82. The Morgan fingerprint density at radius 2 is 1.86 bits per heavy atom. The largest absolute Gasteiger partial charge is 0.396 e. The first kappa shape index (κ1) is 16.7. The summed E-state index contributed by atoms with van der Waals surface area (Å²) < 4.78 is 5.79. The maximum Gasteiger partial charge on any atom is 0.240 e. The Bertz CT molecular complexity index is 351. The fraction of sp³-hybridized carbons (Fsp3) is 0.938. The molecule has 2 saturated heterocycles. The summed E-state index contributed by atoms with van der Waals surface area (Å²) in [5.41, 5.74) is 0. The molecule has 1 amide bonds. The molecule has 4 unspecified atom stereocenters. The van der Waals surface area contributed by atoms with Gasteiger partial charge in [-0.05, 0) is 26.2 Å². The summed E-state index contributed by atoms with van der Waals surface area (Å²) in [6.07, 6.45) is 1.27. The molecule has 4 atom stereocenters. The fourth-order valence-corrected chi connectivity index (χ4v) is 3.68. The number of amides is 1. The van der Waals surface area contributed by atoms with Crippen LogP contribution in [0.25, 0.3) is 0 Å². The van der Waals surface area contributed by atoms with E-state index in [0.29, 0.717) is 6.54 Å². The first-order chi connectivity index (χ1) is 9.92. The van der Waals surface area contributed by atoms with Gasteiger partial charge < -0.3 is 14.7 Å². The lowest BCUT2D eigenvalue weighted by molar-refractivity contribution is -0.144. The number of aliphatic hydroxyl groups excluding tert-OH is 1. The molecule has 0 radical (unpaired) electrons. The van der Waals surface area contributed by atoms with Crippen LogP contribution in [0.3, 0.4) is 0 Å². The first-order valence-electron chi connectivity index (χ1n) is 8.21. The molecule has 122 valence electrons. The van der Waals surface area contributed by atoms with Crippen LogP contribution in [0.2, 0.25) is 0 Å². The van der Waals surface area contributed by atoms with Crippen LogP contribution in [0.4, 0.5) is 0 Å². The van der Waals surface area contributed by atoms with Crippen molar-refractivity contribution in [2.45, 2.75) is 52.4 Å². The zero-order chi connectivity index (χ0) is 15.6. The predicted molar refractivity (Wildman–Crippen MR) is 82.0 cm³/mol. The van der Waals surface area contributed by atoms with Gasteiger partial charge in [0.1, 0.15) is 0 Å². The zero-order valence-corrected chi connectivity index (χ0v) is 13.8. The summed E-state index contributed by atoms with van der Waals surface area (Å²) >= 11 is 0. The molecule has 0 aromatic carbocycles. The van der Waals surface area contributed by atoms with Gasteiger partial charge in [0.05, 0.1) is 18.2 Å². The number of hydrogen-bond donors (Lipinski definition) is 1. The quantitative estimate of drug-likeness (QED) is 0.840. The highest BCUT2D eigenvalue weighted by Crippen LogP contribution is 2.23. The Kier molecular flexibility index (Phi) is 5.63. The molecule has 0 saturated carbocycles. The van der Waals surface area contributed by atoms with Gasteiger partial charge in [-0.3, -0.25) is 9.69 Å². The van der Waals surface area contributed by atoms with Crippen LogP contribution < -0.4 is 0 Å². The lowest BCUT2D eigenvalue weighted by atomic mass is 9.99. The standard InChI is InChI=1S/C16H30N2O3/c1-11(2)15(18-7-12(3)21-13(4)8-18)16(20)17-6-5-14(9-17)10-19/h11-15,19H,5-10H2,1-4H3. The molecule has 0 spiro atoms. The van der Waals surface area contributed by atoms with Crippen molar-refractivity contribution >= 4 is 5.91 Å². The number of carbonyl (C=O) groups excluding carboxylic acids is 1.